The van der Waals surface area contributed by atoms with Gasteiger partial charge in [0.05, 0.1) is 50.8 Å². The van der Waals surface area contributed by atoms with E-state index in [-0.39, 0.29) is 33.8 Å². The van der Waals surface area contributed by atoms with Gasteiger partial charge in [-0.2, -0.15) is 0 Å². The van der Waals surface area contributed by atoms with Gasteiger partial charge in [-0.3, -0.25) is 9.59 Å². The van der Waals surface area contributed by atoms with E-state index >= 15 is 9.59 Å². The summed E-state index contributed by atoms with van der Waals surface area (Å²) >= 11 is 0. The average Bonchev–Trinajstić information content (AvgIpc) is 0.998. The Hall–Kier alpha value is -3.42. The number of hydrogen-bond acceptors (Lipinski definition) is 8. The summed E-state index contributed by atoms with van der Waals surface area (Å²) < 4.78 is 41.3. The molecular weight excluding hydrogens is 1020 g/mol. The molecule has 0 amide bonds. The SMILES string of the molecule is CCCCCCCCCCOc1c(OCCC(C)CCCC(C)C)c(OCCC(C)CCCC(C)C)cc2c1C(=O)c1cc(OCCC(C)CCCC(C)C)c(OCCC(C)CCCC(C)C)c(OCCCCCCCCCC)c1C2=O. The topological polar surface area (TPSA) is 89.5 Å². The summed E-state index contributed by atoms with van der Waals surface area (Å²) in [5, 5.41) is 0. The fourth-order valence-electron chi connectivity index (χ4n) is 11.4. The van der Waals surface area contributed by atoms with E-state index in [9.17, 15) is 0 Å². The van der Waals surface area contributed by atoms with Crippen LogP contribution < -0.4 is 28.4 Å². The standard InChI is InChI=1S/C74H128O8/c1-15-17-19-21-23-25-27-29-47-79-73-67-63(53-65(77-49-43-59(11)39-31-35-55(3)4)71(73)81-51-45-61(13)41-33-37-57(7)8)70(76)68-64(69(67)75)54-66(78-50-44-60(12)40-32-36-56(5)6)72(82-52-46-62(14)42-34-38-58(9)10)74(68)80-48-30-28-26-24-22-20-18-16-2/h53-62H,15-52H2,1-14H3. The Kier molecular flexibility index (Phi) is 38.4. The largest absolute Gasteiger partial charge is 0.490 e. The minimum absolute atomic E-state index is 0.245. The van der Waals surface area contributed by atoms with Crippen LogP contribution in [0, 0.1) is 47.3 Å². The van der Waals surface area contributed by atoms with E-state index in [0.29, 0.717) is 121 Å². The monoisotopic (exact) mass is 1140 g/mol. The van der Waals surface area contributed by atoms with Crippen molar-refractivity contribution < 1.29 is 38.0 Å². The zero-order valence-corrected chi connectivity index (χ0v) is 55.9. The highest BCUT2D eigenvalue weighted by atomic mass is 16.5. The Labute approximate surface area is 505 Å². The maximum Gasteiger partial charge on any atom is 0.204 e. The molecule has 8 heteroatoms. The van der Waals surface area contributed by atoms with Gasteiger partial charge < -0.3 is 28.4 Å². The van der Waals surface area contributed by atoms with Crippen molar-refractivity contribution >= 4 is 11.6 Å². The highest BCUT2D eigenvalue weighted by Crippen LogP contribution is 2.51. The molecule has 472 valence electrons. The maximum absolute atomic E-state index is 15.9. The number of benzene rings is 2. The van der Waals surface area contributed by atoms with E-state index in [0.717, 1.165) is 89.9 Å². The molecule has 3 rings (SSSR count). The number of ether oxygens (including phenoxy) is 6. The third-order valence-electron chi connectivity index (χ3n) is 17.2. The molecule has 1 aliphatic carbocycles. The molecule has 0 heterocycles. The number of carbonyl (C=O) groups excluding carboxylic acids is 2. The van der Waals surface area contributed by atoms with E-state index in [2.05, 4.69) is 96.9 Å². The van der Waals surface area contributed by atoms with E-state index < -0.39 is 0 Å². The van der Waals surface area contributed by atoms with Crippen molar-refractivity contribution in [1.82, 2.24) is 0 Å². The van der Waals surface area contributed by atoms with Crippen LogP contribution in [0.2, 0.25) is 0 Å². The molecular formula is C74H128O8. The average molecular weight is 1150 g/mol. The van der Waals surface area contributed by atoms with Gasteiger partial charge in [-0.05, 0) is 98.0 Å². The molecule has 1 aliphatic rings. The number of rotatable bonds is 52. The molecule has 4 unspecified atom stereocenters. The van der Waals surface area contributed by atoms with E-state index in [1.165, 1.54) is 116 Å². The first kappa shape index (κ1) is 72.8. The molecule has 0 aliphatic heterocycles. The zero-order chi connectivity index (χ0) is 60.1. The molecule has 0 fully saturated rings. The van der Waals surface area contributed by atoms with Crippen LogP contribution in [-0.4, -0.2) is 51.2 Å². The quantitative estimate of drug-likeness (QED) is 0.0517. The van der Waals surface area contributed by atoms with Crippen LogP contribution in [0.15, 0.2) is 12.1 Å². The van der Waals surface area contributed by atoms with Crippen molar-refractivity contribution in [3.05, 3.63) is 34.4 Å². The van der Waals surface area contributed by atoms with Gasteiger partial charge in [-0.25, -0.2) is 0 Å². The molecule has 8 nitrogen and oxygen atoms in total. The van der Waals surface area contributed by atoms with Crippen LogP contribution >= 0.6 is 0 Å². The summed E-state index contributed by atoms with van der Waals surface area (Å²) in [6.07, 6.45) is 36.0. The lowest BCUT2D eigenvalue weighted by Gasteiger charge is -2.28. The summed E-state index contributed by atoms with van der Waals surface area (Å²) in [5.74, 6) is 6.40. The first-order valence-electron chi connectivity index (χ1n) is 34.8. The molecule has 0 saturated heterocycles. The molecule has 2 aromatic carbocycles. The van der Waals surface area contributed by atoms with Gasteiger partial charge in [0.1, 0.15) is 0 Å². The fraction of sp³-hybridized carbons (Fsp3) is 0.811. The zero-order valence-electron chi connectivity index (χ0n) is 55.9. The van der Waals surface area contributed by atoms with Gasteiger partial charge in [-0.15, -0.1) is 0 Å². The second-order valence-electron chi connectivity index (χ2n) is 27.5. The highest BCUT2D eigenvalue weighted by molar-refractivity contribution is 6.31. The second kappa shape index (κ2) is 43.2. The normalized spacial score (nSPS) is 13.9. The van der Waals surface area contributed by atoms with Gasteiger partial charge in [0, 0.05) is 11.1 Å². The lowest BCUT2D eigenvalue weighted by Crippen LogP contribution is -2.25. The molecule has 0 spiro atoms. The van der Waals surface area contributed by atoms with Gasteiger partial charge in [0.15, 0.2) is 34.6 Å². The molecule has 0 radical (unpaired) electrons. The van der Waals surface area contributed by atoms with E-state index in [4.69, 9.17) is 28.4 Å². The Balaban J connectivity index is 2.25. The van der Waals surface area contributed by atoms with E-state index in [1.54, 1.807) is 12.1 Å². The fourth-order valence-corrected chi connectivity index (χ4v) is 11.4. The maximum atomic E-state index is 15.9. The third-order valence-corrected chi connectivity index (χ3v) is 17.2. The van der Waals surface area contributed by atoms with Crippen molar-refractivity contribution in [1.29, 1.82) is 0 Å². The molecule has 82 heavy (non-hydrogen) atoms. The van der Waals surface area contributed by atoms with Crippen molar-refractivity contribution in [3.8, 4) is 34.5 Å². The van der Waals surface area contributed by atoms with Crippen molar-refractivity contribution in [3.63, 3.8) is 0 Å². The Morgan fingerprint density at radius 2 is 0.537 bits per heavy atom. The minimum atomic E-state index is -0.290. The van der Waals surface area contributed by atoms with Gasteiger partial charge in [0.25, 0.3) is 0 Å². The van der Waals surface area contributed by atoms with Crippen molar-refractivity contribution in [2.24, 2.45) is 47.3 Å². The summed E-state index contributed by atoms with van der Waals surface area (Å²) in [5.41, 5.74) is 1.02. The molecule has 4 atom stereocenters. The first-order chi connectivity index (χ1) is 39.5. The highest BCUT2D eigenvalue weighted by Gasteiger charge is 2.41. The Morgan fingerprint density at radius 1 is 0.280 bits per heavy atom. The van der Waals surface area contributed by atoms with Crippen molar-refractivity contribution in [2.75, 3.05) is 39.6 Å². The summed E-state index contributed by atoms with van der Waals surface area (Å²) in [4.78, 5) is 31.7. The number of carbonyl (C=O) groups is 2. The third kappa shape index (κ3) is 29.1. The van der Waals surface area contributed by atoms with Crippen LogP contribution in [0.4, 0.5) is 0 Å². The number of hydrogen-bond donors (Lipinski definition) is 0. The summed E-state index contributed by atoms with van der Waals surface area (Å²) in [6.45, 7) is 34.7. The van der Waals surface area contributed by atoms with Gasteiger partial charge in [-0.1, -0.05) is 264 Å². The second-order valence-corrected chi connectivity index (χ2v) is 27.5. The lowest BCUT2D eigenvalue weighted by molar-refractivity contribution is 0.0968. The molecule has 0 saturated carbocycles. The number of ketones is 2. The predicted molar refractivity (Wildman–Crippen MR) is 348 cm³/mol. The van der Waals surface area contributed by atoms with Crippen LogP contribution in [0.5, 0.6) is 34.5 Å². The number of fused-ring (bicyclic) bond motifs is 2. The van der Waals surface area contributed by atoms with Crippen LogP contribution in [0.3, 0.4) is 0 Å². The molecule has 2 aromatic rings. The molecule has 0 aromatic heterocycles. The van der Waals surface area contributed by atoms with Crippen LogP contribution in [-0.2, 0) is 0 Å². The van der Waals surface area contributed by atoms with Gasteiger partial charge in [0.2, 0.25) is 11.5 Å². The summed E-state index contributed by atoms with van der Waals surface area (Å²) in [6, 6.07) is 3.58. The van der Waals surface area contributed by atoms with Crippen LogP contribution in [0.1, 0.15) is 334 Å². The predicted octanol–water partition coefficient (Wildman–Crippen LogP) is 22.4. The van der Waals surface area contributed by atoms with Crippen molar-refractivity contribution in [2.45, 2.75) is 302 Å². The van der Waals surface area contributed by atoms with Gasteiger partial charge >= 0.3 is 0 Å². The van der Waals surface area contributed by atoms with E-state index in [1.807, 2.05) is 0 Å². The Bertz CT molecular complexity index is 1860. The van der Waals surface area contributed by atoms with Crippen LogP contribution in [0.25, 0.3) is 0 Å². The minimum Gasteiger partial charge on any atom is -0.490 e. The molecule has 0 N–H and O–H groups in total. The summed E-state index contributed by atoms with van der Waals surface area (Å²) in [7, 11) is 0. The molecule has 0 bridgehead atoms. The smallest absolute Gasteiger partial charge is 0.204 e. The Morgan fingerprint density at radius 3 is 0.817 bits per heavy atom. The first-order valence-corrected chi connectivity index (χ1v) is 34.8. The lowest BCUT2D eigenvalue weighted by atomic mass is 9.82. The number of unbranched alkanes of at least 4 members (excludes halogenated alkanes) is 14.